The first-order chi connectivity index (χ1) is 13.5. The number of methoxy groups -OCH3 is 1. The Bertz CT molecular complexity index is 800. The van der Waals surface area contributed by atoms with Crippen LogP contribution in [0.5, 0.6) is 5.75 Å². The molecule has 152 valence electrons. The minimum Gasteiger partial charge on any atom is -0.497 e. The van der Waals surface area contributed by atoms with Crippen molar-refractivity contribution in [3.8, 4) is 5.75 Å². The van der Waals surface area contributed by atoms with E-state index >= 15 is 0 Å². The second kappa shape index (κ2) is 9.24. The molecule has 0 bridgehead atoms. The van der Waals surface area contributed by atoms with E-state index in [2.05, 4.69) is 34.7 Å². The Balaban J connectivity index is 1.69. The van der Waals surface area contributed by atoms with E-state index in [9.17, 15) is 4.79 Å². The normalized spacial score (nSPS) is 17.2. The number of benzene rings is 1. The zero-order valence-corrected chi connectivity index (χ0v) is 17.5. The molecule has 3 rings (SSSR count). The fraction of sp³-hybridized carbons (Fsp3) is 0.545. The molecular weight excluding hydrogens is 352 g/mol. The molecule has 1 aliphatic rings. The highest BCUT2D eigenvalue weighted by molar-refractivity contribution is 5.96. The molecule has 2 aromatic rings. The average Bonchev–Trinajstić information content (AvgIpc) is 3.15. The second-order valence-corrected chi connectivity index (χ2v) is 7.91. The molecule has 0 aliphatic carbocycles. The van der Waals surface area contributed by atoms with Crippen LogP contribution in [0.3, 0.4) is 0 Å². The van der Waals surface area contributed by atoms with E-state index in [-0.39, 0.29) is 5.91 Å². The number of aromatic nitrogens is 2. The molecule has 1 atom stereocenters. The number of piperidine rings is 1. The van der Waals surface area contributed by atoms with Gasteiger partial charge in [-0.15, -0.1) is 0 Å². The summed E-state index contributed by atoms with van der Waals surface area (Å²) in [4.78, 5) is 21.9. The van der Waals surface area contributed by atoms with Crippen molar-refractivity contribution in [2.75, 3.05) is 40.8 Å². The van der Waals surface area contributed by atoms with Gasteiger partial charge in [0.2, 0.25) is 0 Å². The molecule has 0 radical (unpaired) electrons. The Hall–Kier alpha value is -2.34. The van der Waals surface area contributed by atoms with Crippen molar-refractivity contribution >= 4 is 5.91 Å². The lowest BCUT2D eigenvalue weighted by atomic mass is 9.96. The molecule has 0 unspecified atom stereocenters. The topological polar surface area (TPSA) is 50.6 Å². The van der Waals surface area contributed by atoms with Crippen LogP contribution >= 0.6 is 0 Å². The van der Waals surface area contributed by atoms with E-state index in [1.54, 1.807) is 7.11 Å². The second-order valence-electron chi connectivity index (χ2n) is 7.91. The van der Waals surface area contributed by atoms with Crippen molar-refractivity contribution in [2.45, 2.75) is 38.6 Å². The van der Waals surface area contributed by atoms with Crippen LogP contribution in [0.25, 0.3) is 0 Å². The van der Waals surface area contributed by atoms with Crippen molar-refractivity contribution in [1.82, 2.24) is 19.4 Å². The molecule has 1 amide bonds. The lowest BCUT2D eigenvalue weighted by molar-refractivity contribution is 0.0702. The standard InChI is InChI=1S/C22H32N4O2/c1-17-15-19(28-4)8-9-20(17)22(27)26-12-5-7-18(16-26)21-23-10-14-25(21)13-6-11-24(2)3/h8-10,14-15,18H,5-7,11-13,16H2,1-4H3/t18-/m1/s1. The molecule has 1 aromatic carbocycles. The Kier molecular flexibility index (Phi) is 6.73. The van der Waals surface area contributed by atoms with E-state index in [0.717, 1.165) is 68.1 Å². The Labute approximate surface area is 168 Å². The first-order valence-electron chi connectivity index (χ1n) is 10.1. The van der Waals surface area contributed by atoms with Crippen molar-refractivity contribution < 1.29 is 9.53 Å². The summed E-state index contributed by atoms with van der Waals surface area (Å²) in [6.45, 7) is 5.53. The monoisotopic (exact) mass is 384 g/mol. The summed E-state index contributed by atoms with van der Waals surface area (Å²) in [5.74, 6) is 2.30. The van der Waals surface area contributed by atoms with Crippen LogP contribution in [0.15, 0.2) is 30.6 Å². The van der Waals surface area contributed by atoms with Gasteiger partial charge in [-0.2, -0.15) is 0 Å². The lowest BCUT2D eigenvalue weighted by Gasteiger charge is -2.33. The van der Waals surface area contributed by atoms with E-state index in [0.29, 0.717) is 5.92 Å². The summed E-state index contributed by atoms with van der Waals surface area (Å²) in [5, 5.41) is 0. The molecule has 1 aromatic heterocycles. The maximum atomic E-state index is 13.1. The third kappa shape index (κ3) is 4.73. The summed E-state index contributed by atoms with van der Waals surface area (Å²) in [6, 6.07) is 5.66. The SMILES string of the molecule is COc1ccc(C(=O)N2CCC[C@@H](c3nccn3CCCN(C)C)C2)c(C)c1. The van der Waals surface area contributed by atoms with Crippen LogP contribution in [0, 0.1) is 6.92 Å². The van der Waals surface area contributed by atoms with Crippen molar-refractivity contribution in [1.29, 1.82) is 0 Å². The Morgan fingerprint density at radius 2 is 2.18 bits per heavy atom. The fourth-order valence-electron chi connectivity index (χ4n) is 3.97. The lowest BCUT2D eigenvalue weighted by Crippen LogP contribution is -2.40. The van der Waals surface area contributed by atoms with Gasteiger partial charge in [0.25, 0.3) is 5.91 Å². The first kappa shape index (κ1) is 20.4. The summed E-state index contributed by atoms with van der Waals surface area (Å²) in [5.41, 5.74) is 1.72. The van der Waals surface area contributed by atoms with E-state index in [1.807, 2.05) is 36.2 Å². The molecule has 0 spiro atoms. The maximum absolute atomic E-state index is 13.1. The van der Waals surface area contributed by atoms with Crippen LogP contribution in [0.2, 0.25) is 0 Å². The fourth-order valence-corrected chi connectivity index (χ4v) is 3.97. The Morgan fingerprint density at radius 3 is 2.89 bits per heavy atom. The molecular formula is C22H32N4O2. The third-order valence-corrected chi connectivity index (χ3v) is 5.49. The van der Waals surface area contributed by atoms with Gasteiger partial charge in [-0.3, -0.25) is 4.79 Å². The number of rotatable bonds is 7. The quantitative estimate of drug-likeness (QED) is 0.736. The number of hydrogen-bond donors (Lipinski definition) is 0. The number of carbonyl (C=O) groups excluding carboxylic acids is 1. The number of ether oxygens (including phenoxy) is 1. The summed E-state index contributed by atoms with van der Waals surface area (Å²) < 4.78 is 7.53. The zero-order valence-electron chi connectivity index (χ0n) is 17.5. The molecule has 0 N–H and O–H groups in total. The van der Waals surface area contributed by atoms with Crippen molar-refractivity contribution in [3.05, 3.63) is 47.5 Å². The van der Waals surface area contributed by atoms with Crippen LogP contribution in [-0.2, 0) is 6.54 Å². The van der Waals surface area contributed by atoms with Crippen LogP contribution < -0.4 is 4.74 Å². The van der Waals surface area contributed by atoms with Gasteiger partial charge in [0.05, 0.1) is 7.11 Å². The summed E-state index contributed by atoms with van der Waals surface area (Å²) >= 11 is 0. The molecule has 2 heterocycles. The summed E-state index contributed by atoms with van der Waals surface area (Å²) in [7, 11) is 5.84. The molecule has 6 heteroatoms. The molecule has 1 fully saturated rings. The van der Waals surface area contributed by atoms with Gasteiger partial charge in [0.15, 0.2) is 0 Å². The number of hydrogen-bond acceptors (Lipinski definition) is 4. The molecule has 1 aliphatic heterocycles. The maximum Gasteiger partial charge on any atom is 0.254 e. The predicted octanol–water partition coefficient (Wildman–Crippen LogP) is 3.17. The number of nitrogens with zero attached hydrogens (tertiary/aromatic N) is 4. The van der Waals surface area contributed by atoms with Gasteiger partial charge < -0.3 is 19.1 Å². The number of amides is 1. The minimum absolute atomic E-state index is 0.107. The number of likely N-dealkylation sites (tertiary alicyclic amines) is 1. The van der Waals surface area contributed by atoms with Crippen LogP contribution in [0.4, 0.5) is 0 Å². The summed E-state index contributed by atoms with van der Waals surface area (Å²) in [6.07, 6.45) is 7.14. The molecule has 6 nitrogen and oxygen atoms in total. The highest BCUT2D eigenvalue weighted by atomic mass is 16.5. The number of aryl methyl sites for hydroxylation is 2. The van der Waals surface area contributed by atoms with Crippen molar-refractivity contribution in [3.63, 3.8) is 0 Å². The van der Waals surface area contributed by atoms with Gasteiger partial charge in [-0.1, -0.05) is 0 Å². The minimum atomic E-state index is 0.107. The highest BCUT2D eigenvalue weighted by Gasteiger charge is 2.28. The van der Waals surface area contributed by atoms with Gasteiger partial charge in [-0.25, -0.2) is 4.98 Å². The highest BCUT2D eigenvalue weighted by Crippen LogP contribution is 2.28. The first-order valence-corrected chi connectivity index (χ1v) is 10.1. The van der Waals surface area contributed by atoms with Gasteiger partial charge >= 0.3 is 0 Å². The van der Waals surface area contributed by atoms with Gasteiger partial charge in [-0.05, 0) is 70.6 Å². The Morgan fingerprint density at radius 1 is 1.36 bits per heavy atom. The van der Waals surface area contributed by atoms with E-state index in [4.69, 9.17) is 4.74 Å². The predicted molar refractivity (Wildman–Crippen MR) is 111 cm³/mol. The van der Waals surface area contributed by atoms with Crippen molar-refractivity contribution in [2.24, 2.45) is 0 Å². The van der Waals surface area contributed by atoms with Crippen LogP contribution in [0.1, 0.15) is 46.9 Å². The zero-order chi connectivity index (χ0) is 20.1. The van der Waals surface area contributed by atoms with E-state index in [1.165, 1.54) is 0 Å². The number of imidazole rings is 1. The largest absolute Gasteiger partial charge is 0.497 e. The molecule has 28 heavy (non-hydrogen) atoms. The smallest absolute Gasteiger partial charge is 0.254 e. The number of carbonyl (C=O) groups is 1. The average molecular weight is 385 g/mol. The van der Waals surface area contributed by atoms with Gasteiger partial charge in [0, 0.05) is 43.5 Å². The van der Waals surface area contributed by atoms with Gasteiger partial charge in [0.1, 0.15) is 11.6 Å². The van der Waals surface area contributed by atoms with Crippen LogP contribution in [-0.4, -0.2) is 66.1 Å². The van der Waals surface area contributed by atoms with E-state index < -0.39 is 0 Å². The molecule has 0 saturated carbocycles. The molecule has 1 saturated heterocycles. The third-order valence-electron chi connectivity index (χ3n) is 5.49.